The molecule has 0 unspecified atom stereocenters. The Labute approximate surface area is 135 Å². The number of fused-ring (bicyclic) bond motifs is 1. The van der Waals surface area contributed by atoms with Gasteiger partial charge in [0, 0.05) is 0 Å². The van der Waals surface area contributed by atoms with Crippen molar-refractivity contribution in [1.82, 2.24) is 9.66 Å². The second kappa shape index (κ2) is 6.16. The Morgan fingerprint density at radius 2 is 1.78 bits per heavy atom. The summed E-state index contributed by atoms with van der Waals surface area (Å²) in [5, 5.41) is 4.89. The predicted molar refractivity (Wildman–Crippen MR) is 94.3 cm³/mol. The molecule has 1 heterocycles. The van der Waals surface area contributed by atoms with Gasteiger partial charge in [0.25, 0.3) is 5.56 Å². The van der Waals surface area contributed by atoms with Gasteiger partial charge in [-0.2, -0.15) is 9.78 Å². The van der Waals surface area contributed by atoms with Gasteiger partial charge in [0.05, 0.1) is 17.1 Å². The SMILES string of the molecule is Cc1nc2ccccc2c(=O)n1/N=C\c1ccc(C(C)C)cc1. The van der Waals surface area contributed by atoms with E-state index in [4.69, 9.17) is 0 Å². The molecule has 0 atom stereocenters. The lowest BCUT2D eigenvalue weighted by atomic mass is 10.0. The first-order valence-corrected chi connectivity index (χ1v) is 7.69. The van der Waals surface area contributed by atoms with Crippen molar-refractivity contribution in [3.63, 3.8) is 0 Å². The molecule has 3 rings (SSSR count). The molecular weight excluding hydrogens is 286 g/mol. The third kappa shape index (κ3) is 3.06. The van der Waals surface area contributed by atoms with Crippen LogP contribution < -0.4 is 5.56 Å². The third-order valence-electron chi connectivity index (χ3n) is 3.84. The molecule has 23 heavy (non-hydrogen) atoms. The van der Waals surface area contributed by atoms with Gasteiger partial charge in [-0.3, -0.25) is 4.79 Å². The monoisotopic (exact) mass is 305 g/mol. The summed E-state index contributed by atoms with van der Waals surface area (Å²) in [7, 11) is 0. The molecular formula is C19H19N3O. The van der Waals surface area contributed by atoms with Crippen molar-refractivity contribution in [3.8, 4) is 0 Å². The standard InChI is InChI=1S/C19H19N3O/c1-13(2)16-10-8-15(9-11-16)12-20-22-14(3)21-18-7-5-4-6-17(18)19(22)23/h4-13H,1-3H3/b20-12-. The van der Waals surface area contributed by atoms with Crippen LogP contribution in [0.2, 0.25) is 0 Å². The van der Waals surface area contributed by atoms with Crippen molar-refractivity contribution in [1.29, 1.82) is 0 Å². The van der Waals surface area contributed by atoms with Gasteiger partial charge in [-0.1, -0.05) is 50.2 Å². The maximum Gasteiger partial charge on any atom is 0.282 e. The van der Waals surface area contributed by atoms with Crippen molar-refractivity contribution < 1.29 is 0 Å². The molecule has 116 valence electrons. The minimum absolute atomic E-state index is 0.150. The zero-order valence-electron chi connectivity index (χ0n) is 13.5. The van der Waals surface area contributed by atoms with Crippen molar-refractivity contribution in [3.05, 3.63) is 75.8 Å². The fraction of sp³-hybridized carbons (Fsp3) is 0.211. The average Bonchev–Trinajstić information content (AvgIpc) is 2.55. The second-order valence-electron chi connectivity index (χ2n) is 5.86. The highest BCUT2D eigenvalue weighted by Crippen LogP contribution is 2.14. The van der Waals surface area contributed by atoms with Gasteiger partial charge in [-0.25, -0.2) is 4.98 Å². The first kappa shape index (κ1) is 15.2. The molecule has 0 spiro atoms. The number of benzene rings is 2. The third-order valence-corrected chi connectivity index (χ3v) is 3.84. The minimum Gasteiger partial charge on any atom is -0.267 e. The Morgan fingerprint density at radius 1 is 1.09 bits per heavy atom. The van der Waals surface area contributed by atoms with Crippen LogP contribution in [0.3, 0.4) is 0 Å². The summed E-state index contributed by atoms with van der Waals surface area (Å²) < 4.78 is 1.35. The molecule has 4 nitrogen and oxygen atoms in total. The van der Waals surface area contributed by atoms with Crippen LogP contribution in [0.15, 0.2) is 58.4 Å². The van der Waals surface area contributed by atoms with Gasteiger partial charge in [-0.15, -0.1) is 0 Å². The second-order valence-corrected chi connectivity index (χ2v) is 5.86. The Bertz CT molecular complexity index is 921. The number of nitrogens with zero attached hydrogens (tertiary/aromatic N) is 3. The van der Waals surface area contributed by atoms with Crippen molar-refractivity contribution in [2.75, 3.05) is 0 Å². The van der Waals surface area contributed by atoms with Crippen LogP contribution in [0.5, 0.6) is 0 Å². The number of aryl methyl sites for hydroxylation is 1. The number of para-hydroxylation sites is 1. The van der Waals surface area contributed by atoms with Gasteiger partial charge in [-0.05, 0) is 36.1 Å². The molecule has 0 amide bonds. The van der Waals surface area contributed by atoms with E-state index in [2.05, 4.69) is 36.1 Å². The van der Waals surface area contributed by atoms with E-state index in [9.17, 15) is 4.79 Å². The van der Waals surface area contributed by atoms with E-state index in [1.54, 1.807) is 19.2 Å². The number of hydrogen-bond donors (Lipinski definition) is 0. The largest absolute Gasteiger partial charge is 0.282 e. The molecule has 0 saturated heterocycles. The number of aromatic nitrogens is 2. The number of rotatable bonds is 3. The Hall–Kier alpha value is -2.75. The summed E-state index contributed by atoms with van der Waals surface area (Å²) in [5.74, 6) is 1.07. The first-order chi connectivity index (χ1) is 11.1. The molecule has 0 bridgehead atoms. The molecule has 1 aromatic heterocycles. The summed E-state index contributed by atoms with van der Waals surface area (Å²) in [6.45, 7) is 6.10. The normalized spacial score (nSPS) is 11.7. The van der Waals surface area contributed by atoms with Crippen LogP contribution in [0.25, 0.3) is 10.9 Å². The average molecular weight is 305 g/mol. The summed E-state index contributed by atoms with van der Waals surface area (Å²) in [6.07, 6.45) is 1.69. The van der Waals surface area contributed by atoms with Gasteiger partial charge in [0.1, 0.15) is 5.82 Å². The van der Waals surface area contributed by atoms with Crippen LogP contribution in [0.1, 0.15) is 36.7 Å². The molecule has 0 N–H and O–H groups in total. The molecule has 0 fully saturated rings. The fourth-order valence-electron chi connectivity index (χ4n) is 2.46. The lowest BCUT2D eigenvalue weighted by Crippen LogP contribution is -2.20. The molecule has 0 radical (unpaired) electrons. The smallest absolute Gasteiger partial charge is 0.267 e. The van der Waals surface area contributed by atoms with E-state index >= 15 is 0 Å². The van der Waals surface area contributed by atoms with Crippen molar-refractivity contribution in [2.45, 2.75) is 26.7 Å². The van der Waals surface area contributed by atoms with E-state index in [1.165, 1.54) is 10.2 Å². The summed E-state index contributed by atoms with van der Waals surface area (Å²) >= 11 is 0. The fourth-order valence-corrected chi connectivity index (χ4v) is 2.46. The quantitative estimate of drug-likeness (QED) is 0.693. The zero-order valence-corrected chi connectivity index (χ0v) is 13.5. The Kier molecular flexibility index (Phi) is 4.06. The topological polar surface area (TPSA) is 47.2 Å². The highest BCUT2D eigenvalue weighted by atomic mass is 16.1. The van der Waals surface area contributed by atoms with E-state index < -0.39 is 0 Å². The van der Waals surface area contributed by atoms with Crippen LogP contribution in [-0.4, -0.2) is 15.9 Å². The molecule has 2 aromatic carbocycles. The van der Waals surface area contributed by atoms with E-state index in [0.29, 0.717) is 22.6 Å². The van der Waals surface area contributed by atoms with E-state index in [-0.39, 0.29) is 5.56 Å². The molecule has 0 aliphatic rings. The highest BCUT2D eigenvalue weighted by Gasteiger charge is 2.06. The van der Waals surface area contributed by atoms with Crippen molar-refractivity contribution >= 4 is 17.1 Å². The predicted octanol–water partition coefficient (Wildman–Crippen LogP) is 3.71. The first-order valence-electron chi connectivity index (χ1n) is 7.69. The Morgan fingerprint density at radius 3 is 2.48 bits per heavy atom. The summed E-state index contributed by atoms with van der Waals surface area (Å²) in [4.78, 5) is 17.0. The molecule has 3 aromatic rings. The van der Waals surface area contributed by atoms with Crippen LogP contribution in [0.4, 0.5) is 0 Å². The maximum atomic E-state index is 12.5. The lowest BCUT2D eigenvalue weighted by Gasteiger charge is -2.06. The van der Waals surface area contributed by atoms with Crippen LogP contribution in [0, 0.1) is 6.92 Å². The van der Waals surface area contributed by atoms with Crippen LogP contribution in [-0.2, 0) is 0 Å². The minimum atomic E-state index is -0.150. The Balaban J connectivity index is 1.99. The van der Waals surface area contributed by atoms with Gasteiger partial charge in [0.15, 0.2) is 0 Å². The molecule has 0 aliphatic carbocycles. The molecule has 0 saturated carbocycles. The summed E-state index contributed by atoms with van der Waals surface area (Å²) in [5.41, 5.74) is 2.78. The van der Waals surface area contributed by atoms with E-state index in [1.807, 2.05) is 30.3 Å². The van der Waals surface area contributed by atoms with Gasteiger partial charge < -0.3 is 0 Å². The molecule has 0 aliphatic heterocycles. The molecule has 4 heteroatoms. The van der Waals surface area contributed by atoms with E-state index in [0.717, 1.165) is 5.56 Å². The van der Waals surface area contributed by atoms with Gasteiger partial charge >= 0.3 is 0 Å². The lowest BCUT2D eigenvalue weighted by molar-refractivity contribution is 0.771. The van der Waals surface area contributed by atoms with Crippen LogP contribution >= 0.6 is 0 Å². The maximum absolute atomic E-state index is 12.5. The zero-order chi connectivity index (χ0) is 16.4. The van der Waals surface area contributed by atoms with Crippen molar-refractivity contribution in [2.24, 2.45) is 5.10 Å². The van der Waals surface area contributed by atoms with Gasteiger partial charge in [0.2, 0.25) is 0 Å². The highest BCUT2D eigenvalue weighted by molar-refractivity contribution is 5.80. The number of hydrogen-bond acceptors (Lipinski definition) is 3. The summed E-state index contributed by atoms with van der Waals surface area (Å²) in [6, 6.07) is 15.5.